The number of rotatable bonds is 4. The molecular weight excluding hydrogens is 406 g/mol. The van der Waals surface area contributed by atoms with Crippen molar-refractivity contribution in [2.75, 3.05) is 20.8 Å². The number of carbonyl (C=O) groups excluding carboxylic acids is 2. The fourth-order valence-electron chi connectivity index (χ4n) is 5.36. The number of H-pyrrole nitrogens is 1. The largest absolute Gasteiger partial charge is 0.497 e. The zero-order chi connectivity index (χ0) is 22.0. The van der Waals surface area contributed by atoms with Gasteiger partial charge in [-0.25, -0.2) is 0 Å². The Morgan fingerprint density at radius 1 is 1.03 bits per heavy atom. The summed E-state index contributed by atoms with van der Waals surface area (Å²) in [6.07, 6.45) is 2.48. The number of methoxy groups -OCH3 is 2. The average molecular weight is 431 g/mol. The van der Waals surface area contributed by atoms with E-state index >= 15 is 0 Å². The van der Waals surface area contributed by atoms with E-state index in [0.717, 1.165) is 40.6 Å². The van der Waals surface area contributed by atoms with Crippen LogP contribution in [0.1, 0.15) is 35.7 Å². The van der Waals surface area contributed by atoms with Gasteiger partial charge in [0.1, 0.15) is 30.1 Å². The normalized spacial score (nSPS) is 22.7. The molecule has 3 aromatic rings. The quantitative estimate of drug-likeness (QED) is 0.689. The van der Waals surface area contributed by atoms with Crippen LogP contribution >= 0.6 is 0 Å². The second kappa shape index (κ2) is 7.02. The Morgan fingerprint density at radius 2 is 1.84 bits per heavy atom. The number of piperazine rings is 1. The minimum Gasteiger partial charge on any atom is -0.497 e. The molecule has 32 heavy (non-hydrogen) atoms. The molecule has 0 spiro atoms. The monoisotopic (exact) mass is 431 g/mol. The molecular formula is C25H25N3O4. The lowest BCUT2D eigenvalue weighted by Crippen LogP contribution is -2.63. The van der Waals surface area contributed by atoms with E-state index in [2.05, 4.69) is 11.1 Å². The lowest BCUT2D eigenvalue weighted by Gasteiger charge is -2.47. The number of nitrogens with zero attached hydrogens (tertiary/aromatic N) is 2. The maximum Gasteiger partial charge on any atom is 0.246 e. The lowest BCUT2D eigenvalue weighted by atomic mass is 9.85. The molecule has 1 N–H and O–H groups in total. The van der Waals surface area contributed by atoms with Crippen LogP contribution in [0.2, 0.25) is 0 Å². The van der Waals surface area contributed by atoms with E-state index in [4.69, 9.17) is 9.47 Å². The predicted octanol–water partition coefficient (Wildman–Crippen LogP) is 3.03. The third kappa shape index (κ3) is 2.73. The summed E-state index contributed by atoms with van der Waals surface area (Å²) in [5.41, 5.74) is 3.85. The fourth-order valence-corrected chi connectivity index (χ4v) is 5.36. The van der Waals surface area contributed by atoms with Crippen LogP contribution in [0.4, 0.5) is 0 Å². The lowest BCUT2D eigenvalue weighted by molar-refractivity contribution is -0.159. The van der Waals surface area contributed by atoms with Gasteiger partial charge in [-0.05, 0) is 42.7 Å². The summed E-state index contributed by atoms with van der Waals surface area (Å²) in [7, 11) is 3.24. The van der Waals surface area contributed by atoms with Gasteiger partial charge in [-0.15, -0.1) is 0 Å². The molecule has 164 valence electrons. The van der Waals surface area contributed by atoms with Crippen molar-refractivity contribution >= 4 is 22.7 Å². The molecule has 2 fully saturated rings. The summed E-state index contributed by atoms with van der Waals surface area (Å²) in [6, 6.07) is 12.9. The van der Waals surface area contributed by atoms with Crippen LogP contribution in [0.3, 0.4) is 0 Å². The van der Waals surface area contributed by atoms with Gasteiger partial charge in [0.05, 0.1) is 14.2 Å². The minimum atomic E-state index is -0.524. The third-order valence-electron chi connectivity index (χ3n) is 7.01. The van der Waals surface area contributed by atoms with Gasteiger partial charge < -0.3 is 24.3 Å². The number of aromatic nitrogens is 1. The fraction of sp³-hybridized carbons (Fsp3) is 0.360. The molecule has 3 heterocycles. The second-order valence-electron chi connectivity index (χ2n) is 8.79. The Labute approximate surface area is 185 Å². The molecule has 0 unspecified atom stereocenters. The van der Waals surface area contributed by atoms with E-state index in [1.54, 1.807) is 24.0 Å². The molecule has 2 atom stereocenters. The molecule has 2 amide bonds. The molecule has 6 rings (SSSR count). The summed E-state index contributed by atoms with van der Waals surface area (Å²) >= 11 is 0. The highest BCUT2D eigenvalue weighted by Crippen LogP contribution is 2.46. The molecule has 1 aliphatic carbocycles. The molecule has 7 heteroatoms. The van der Waals surface area contributed by atoms with Crippen LogP contribution in [0.15, 0.2) is 42.5 Å². The first-order valence-electron chi connectivity index (χ1n) is 11.0. The summed E-state index contributed by atoms with van der Waals surface area (Å²) in [6.45, 7) is 0.137. The first-order chi connectivity index (χ1) is 15.6. The smallest absolute Gasteiger partial charge is 0.246 e. The highest BCUT2D eigenvalue weighted by molar-refractivity contribution is 5.98. The molecule has 1 aromatic heterocycles. The maximum absolute atomic E-state index is 13.6. The van der Waals surface area contributed by atoms with Crippen molar-refractivity contribution in [2.45, 2.75) is 37.4 Å². The number of para-hydroxylation sites is 1. The zero-order valence-corrected chi connectivity index (χ0v) is 18.1. The molecule has 0 bridgehead atoms. The predicted molar refractivity (Wildman–Crippen MR) is 119 cm³/mol. The minimum absolute atomic E-state index is 0.0271. The van der Waals surface area contributed by atoms with Gasteiger partial charge in [0.2, 0.25) is 11.8 Å². The standard InChI is InChI=1S/C25H25N3O4/c1-31-15-9-10-21(32-2)18(11-15)24-23-17(16-5-3-4-6-19(16)26-23)12-20-25(30)27(14-7-8-14)13-22(29)28(20)24/h3-6,9-11,14,20,24,26H,7-8,12-13H2,1-2H3/t20-,24-/m0/s1. The highest BCUT2D eigenvalue weighted by atomic mass is 16.5. The van der Waals surface area contributed by atoms with Crippen LogP contribution in [0, 0.1) is 0 Å². The average Bonchev–Trinajstić information content (AvgIpc) is 3.60. The molecule has 0 radical (unpaired) electrons. The Balaban J connectivity index is 1.58. The van der Waals surface area contributed by atoms with Crippen LogP contribution < -0.4 is 9.47 Å². The number of carbonyl (C=O) groups is 2. The topological polar surface area (TPSA) is 74.9 Å². The van der Waals surface area contributed by atoms with Crippen molar-refractivity contribution < 1.29 is 19.1 Å². The number of hydrogen-bond acceptors (Lipinski definition) is 4. The molecule has 1 saturated carbocycles. The molecule has 1 saturated heterocycles. The van der Waals surface area contributed by atoms with E-state index in [1.165, 1.54) is 0 Å². The van der Waals surface area contributed by atoms with Crippen molar-refractivity contribution in [3.05, 3.63) is 59.3 Å². The zero-order valence-electron chi connectivity index (χ0n) is 18.1. The van der Waals surface area contributed by atoms with Gasteiger partial charge in [0.25, 0.3) is 0 Å². The molecule has 2 aliphatic heterocycles. The maximum atomic E-state index is 13.6. The van der Waals surface area contributed by atoms with Crippen molar-refractivity contribution in [3.63, 3.8) is 0 Å². The number of amides is 2. The Hall–Kier alpha value is -3.48. The van der Waals surface area contributed by atoms with E-state index in [-0.39, 0.29) is 24.4 Å². The van der Waals surface area contributed by atoms with Crippen molar-refractivity contribution in [1.82, 2.24) is 14.8 Å². The van der Waals surface area contributed by atoms with Gasteiger partial charge in [0, 0.05) is 34.6 Å². The number of fused-ring (bicyclic) bond motifs is 4. The summed E-state index contributed by atoms with van der Waals surface area (Å²) in [5, 5.41) is 1.10. The Kier molecular flexibility index (Phi) is 4.22. The summed E-state index contributed by atoms with van der Waals surface area (Å²) in [4.78, 5) is 34.2. The first kappa shape index (κ1) is 19.2. The number of nitrogens with one attached hydrogen (secondary N) is 1. The van der Waals surface area contributed by atoms with Gasteiger partial charge in [-0.3, -0.25) is 9.59 Å². The van der Waals surface area contributed by atoms with Gasteiger partial charge >= 0.3 is 0 Å². The number of ether oxygens (including phenoxy) is 2. The highest BCUT2D eigenvalue weighted by Gasteiger charge is 2.51. The second-order valence-corrected chi connectivity index (χ2v) is 8.79. The first-order valence-corrected chi connectivity index (χ1v) is 11.0. The van der Waals surface area contributed by atoms with Crippen molar-refractivity contribution in [2.24, 2.45) is 0 Å². The van der Waals surface area contributed by atoms with Crippen LogP contribution in [0.25, 0.3) is 10.9 Å². The van der Waals surface area contributed by atoms with E-state index < -0.39 is 12.1 Å². The molecule has 3 aliphatic rings. The van der Waals surface area contributed by atoms with Crippen LogP contribution in [-0.2, 0) is 16.0 Å². The summed E-state index contributed by atoms with van der Waals surface area (Å²) in [5.74, 6) is 1.36. The van der Waals surface area contributed by atoms with Gasteiger partial charge in [-0.1, -0.05) is 18.2 Å². The Morgan fingerprint density at radius 3 is 2.59 bits per heavy atom. The van der Waals surface area contributed by atoms with E-state index in [0.29, 0.717) is 17.9 Å². The van der Waals surface area contributed by atoms with Crippen LogP contribution in [-0.4, -0.2) is 59.4 Å². The third-order valence-corrected chi connectivity index (χ3v) is 7.01. The number of hydrogen-bond donors (Lipinski definition) is 1. The Bertz CT molecular complexity index is 1250. The van der Waals surface area contributed by atoms with Gasteiger partial charge in [0.15, 0.2) is 0 Å². The van der Waals surface area contributed by atoms with Crippen molar-refractivity contribution in [1.29, 1.82) is 0 Å². The van der Waals surface area contributed by atoms with E-state index in [1.807, 2.05) is 36.4 Å². The molecule has 7 nitrogen and oxygen atoms in total. The number of benzene rings is 2. The SMILES string of the molecule is COc1ccc(OC)c([C@H]2c3[nH]c4ccccc4c3C[C@H]3C(=O)N(C4CC4)CC(=O)N23)c1. The van der Waals surface area contributed by atoms with E-state index in [9.17, 15) is 9.59 Å². The van der Waals surface area contributed by atoms with Crippen LogP contribution in [0.5, 0.6) is 11.5 Å². The van der Waals surface area contributed by atoms with Crippen molar-refractivity contribution in [3.8, 4) is 11.5 Å². The molecule has 2 aromatic carbocycles. The number of aromatic amines is 1. The van der Waals surface area contributed by atoms with Gasteiger partial charge in [-0.2, -0.15) is 0 Å². The summed E-state index contributed by atoms with van der Waals surface area (Å²) < 4.78 is 11.2.